The highest BCUT2D eigenvalue weighted by Gasteiger charge is 2.31. The number of unbranched alkanes of at least 4 members (excludes halogenated alkanes) is 1. The average Bonchev–Trinajstić information content (AvgIpc) is 2.86. The Morgan fingerprint density at radius 1 is 0.897 bits per heavy atom. The highest BCUT2D eigenvalue weighted by atomic mass is 19.4. The SMILES string of the molecule is CCCCOc1ccc(-c2ccc(OC(F)(F)F)cc2)cc1N(Cc1ccc(C(C)(C)C)cc1)C(=O)C(=O)[O-]. The van der Waals surface area contributed by atoms with Gasteiger partial charge in [-0.05, 0) is 58.4 Å². The second-order valence-electron chi connectivity index (χ2n) is 10.1. The smallest absolute Gasteiger partial charge is 0.540 e. The van der Waals surface area contributed by atoms with Gasteiger partial charge in [0.1, 0.15) is 17.5 Å². The molecule has 0 fully saturated rings. The Morgan fingerprint density at radius 3 is 2.05 bits per heavy atom. The number of benzene rings is 3. The summed E-state index contributed by atoms with van der Waals surface area (Å²) < 4.78 is 47.5. The lowest BCUT2D eigenvalue weighted by molar-refractivity contribution is -0.300. The van der Waals surface area contributed by atoms with E-state index in [1.807, 2.05) is 31.2 Å². The van der Waals surface area contributed by atoms with E-state index in [9.17, 15) is 27.9 Å². The van der Waals surface area contributed by atoms with Gasteiger partial charge in [-0.1, -0.05) is 76.6 Å². The molecule has 6 nitrogen and oxygen atoms in total. The second-order valence-corrected chi connectivity index (χ2v) is 10.1. The maximum absolute atomic E-state index is 12.9. The molecule has 0 aliphatic heterocycles. The first-order valence-electron chi connectivity index (χ1n) is 12.5. The van der Waals surface area contributed by atoms with E-state index in [-0.39, 0.29) is 23.4 Å². The highest BCUT2D eigenvalue weighted by molar-refractivity contribution is 6.36. The highest BCUT2D eigenvalue weighted by Crippen LogP contribution is 2.36. The Morgan fingerprint density at radius 2 is 1.51 bits per heavy atom. The van der Waals surface area contributed by atoms with E-state index >= 15 is 0 Å². The quantitative estimate of drug-likeness (QED) is 0.244. The van der Waals surface area contributed by atoms with Gasteiger partial charge in [0.25, 0.3) is 5.91 Å². The van der Waals surface area contributed by atoms with Gasteiger partial charge in [-0.25, -0.2) is 0 Å². The first-order valence-corrected chi connectivity index (χ1v) is 12.5. The molecular formula is C30H31F3NO5-. The molecule has 3 rings (SSSR count). The third kappa shape index (κ3) is 8.24. The number of halogens is 3. The van der Waals surface area contributed by atoms with Crippen molar-refractivity contribution in [3.8, 4) is 22.6 Å². The maximum Gasteiger partial charge on any atom is 0.573 e. The van der Waals surface area contributed by atoms with Crippen LogP contribution in [0.1, 0.15) is 51.7 Å². The Bertz CT molecular complexity index is 1280. The van der Waals surface area contributed by atoms with Crippen molar-refractivity contribution < 1.29 is 37.3 Å². The standard InChI is InChI=1S/C30H32F3NO5/c1-5-6-17-38-26-16-11-22(21-9-14-24(15-10-21)39-30(31,32)33)18-25(26)34(27(35)28(36)37)19-20-7-12-23(13-8-20)29(2,3)4/h7-16,18H,5-6,17,19H2,1-4H3,(H,36,37)/p-1. The number of rotatable bonds is 9. The summed E-state index contributed by atoms with van der Waals surface area (Å²) in [5.74, 6) is -3.20. The van der Waals surface area contributed by atoms with Crippen molar-refractivity contribution in [3.63, 3.8) is 0 Å². The summed E-state index contributed by atoms with van der Waals surface area (Å²) in [6, 6.07) is 17.6. The van der Waals surface area contributed by atoms with Gasteiger partial charge >= 0.3 is 6.36 Å². The Kier molecular flexibility index (Phi) is 9.27. The number of nitrogens with zero attached hydrogens (tertiary/aromatic N) is 1. The molecule has 0 aliphatic rings. The Hall–Kier alpha value is -4.01. The van der Waals surface area contributed by atoms with Gasteiger partial charge in [-0.2, -0.15) is 0 Å². The van der Waals surface area contributed by atoms with Crippen LogP contribution in [-0.4, -0.2) is 24.8 Å². The molecule has 0 aliphatic carbocycles. The van der Waals surface area contributed by atoms with Gasteiger partial charge in [0.05, 0.1) is 18.8 Å². The molecule has 1 amide bonds. The van der Waals surface area contributed by atoms with Crippen molar-refractivity contribution in [3.05, 3.63) is 77.9 Å². The van der Waals surface area contributed by atoms with Gasteiger partial charge in [-0.3, -0.25) is 9.69 Å². The number of alkyl halides is 3. The van der Waals surface area contributed by atoms with Gasteiger partial charge in [0.15, 0.2) is 0 Å². The van der Waals surface area contributed by atoms with Gasteiger partial charge in [-0.15, -0.1) is 13.2 Å². The molecule has 0 saturated carbocycles. The number of aliphatic carboxylic acids is 1. The van der Waals surface area contributed by atoms with E-state index in [1.165, 1.54) is 24.3 Å². The van der Waals surface area contributed by atoms with Crippen LogP contribution in [0.5, 0.6) is 11.5 Å². The number of carboxylic acid groups (broad SMARTS) is 1. The van der Waals surface area contributed by atoms with Crippen molar-refractivity contribution in [2.75, 3.05) is 11.5 Å². The number of carboxylic acids is 1. The van der Waals surface area contributed by atoms with Crippen LogP contribution >= 0.6 is 0 Å². The minimum atomic E-state index is -4.82. The largest absolute Gasteiger partial charge is 0.573 e. The minimum Gasteiger partial charge on any atom is -0.540 e. The van der Waals surface area contributed by atoms with Crippen LogP contribution in [0.2, 0.25) is 0 Å². The van der Waals surface area contributed by atoms with Crippen LogP contribution in [0.3, 0.4) is 0 Å². The first-order chi connectivity index (χ1) is 18.3. The van der Waals surface area contributed by atoms with E-state index in [0.29, 0.717) is 29.0 Å². The molecule has 0 spiro atoms. The summed E-state index contributed by atoms with van der Waals surface area (Å²) in [5.41, 5.74) is 2.94. The molecular weight excluding hydrogens is 511 g/mol. The number of ether oxygens (including phenoxy) is 2. The molecule has 9 heteroatoms. The molecule has 0 bridgehead atoms. The number of carbonyl (C=O) groups excluding carboxylic acids is 2. The summed E-state index contributed by atoms with van der Waals surface area (Å²) in [7, 11) is 0. The van der Waals surface area contributed by atoms with Crippen LogP contribution in [0.4, 0.5) is 18.9 Å². The van der Waals surface area contributed by atoms with Crippen LogP contribution in [0.25, 0.3) is 11.1 Å². The zero-order chi connectivity index (χ0) is 28.8. The van der Waals surface area contributed by atoms with E-state index in [0.717, 1.165) is 23.3 Å². The zero-order valence-electron chi connectivity index (χ0n) is 22.3. The lowest BCUT2D eigenvalue weighted by Crippen LogP contribution is -2.44. The van der Waals surface area contributed by atoms with E-state index in [1.54, 1.807) is 18.2 Å². The van der Waals surface area contributed by atoms with Crippen molar-refractivity contribution >= 4 is 17.6 Å². The monoisotopic (exact) mass is 542 g/mol. The maximum atomic E-state index is 12.9. The van der Waals surface area contributed by atoms with Crippen molar-refractivity contribution in [1.29, 1.82) is 0 Å². The van der Waals surface area contributed by atoms with Crippen LogP contribution in [0.15, 0.2) is 66.7 Å². The van der Waals surface area contributed by atoms with Crippen LogP contribution in [-0.2, 0) is 21.5 Å². The third-order valence-corrected chi connectivity index (χ3v) is 6.01. The molecule has 0 heterocycles. The summed E-state index contributed by atoms with van der Waals surface area (Å²) in [5, 5.41) is 11.7. The molecule has 0 atom stereocenters. The van der Waals surface area contributed by atoms with Crippen LogP contribution < -0.4 is 19.5 Å². The number of amides is 1. The molecule has 39 heavy (non-hydrogen) atoms. The van der Waals surface area contributed by atoms with Gasteiger partial charge < -0.3 is 19.4 Å². The molecule has 208 valence electrons. The minimum absolute atomic E-state index is 0.0663. The van der Waals surface area contributed by atoms with Crippen LogP contribution in [0, 0.1) is 0 Å². The molecule has 3 aromatic rings. The lowest BCUT2D eigenvalue weighted by Gasteiger charge is -2.27. The number of anilines is 1. The molecule has 0 saturated heterocycles. The fourth-order valence-corrected chi connectivity index (χ4v) is 3.87. The zero-order valence-corrected chi connectivity index (χ0v) is 22.3. The van der Waals surface area contributed by atoms with Crippen molar-refractivity contribution in [2.45, 2.75) is 58.9 Å². The number of carbonyl (C=O) groups is 2. The topological polar surface area (TPSA) is 78.9 Å². The predicted octanol–water partition coefficient (Wildman–Crippen LogP) is 6.01. The van der Waals surface area contributed by atoms with Gasteiger partial charge in [0.2, 0.25) is 0 Å². The Labute approximate surface area is 226 Å². The van der Waals surface area contributed by atoms with E-state index < -0.39 is 18.2 Å². The average molecular weight is 543 g/mol. The fraction of sp³-hybridized carbons (Fsp3) is 0.333. The molecule has 0 aromatic heterocycles. The van der Waals surface area contributed by atoms with E-state index in [4.69, 9.17) is 4.74 Å². The van der Waals surface area contributed by atoms with Crippen molar-refractivity contribution in [1.82, 2.24) is 0 Å². The predicted molar refractivity (Wildman–Crippen MR) is 140 cm³/mol. The summed E-state index contributed by atoms with van der Waals surface area (Å²) in [6.45, 7) is 8.49. The third-order valence-electron chi connectivity index (χ3n) is 6.01. The molecule has 3 aromatic carbocycles. The Balaban J connectivity index is 2.04. The normalized spacial score (nSPS) is 11.7. The second kappa shape index (κ2) is 12.2. The lowest BCUT2D eigenvalue weighted by atomic mass is 9.87. The number of hydrogen-bond acceptors (Lipinski definition) is 5. The fourth-order valence-electron chi connectivity index (χ4n) is 3.87. The molecule has 0 N–H and O–H groups in total. The summed E-state index contributed by atoms with van der Waals surface area (Å²) >= 11 is 0. The molecule has 0 radical (unpaired) electrons. The van der Waals surface area contributed by atoms with E-state index in [2.05, 4.69) is 25.5 Å². The molecule has 0 unspecified atom stereocenters. The number of hydrogen-bond donors (Lipinski definition) is 0. The summed E-state index contributed by atoms with van der Waals surface area (Å²) in [4.78, 5) is 25.7. The van der Waals surface area contributed by atoms with Crippen molar-refractivity contribution in [2.24, 2.45) is 0 Å². The van der Waals surface area contributed by atoms with Gasteiger partial charge in [0, 0.05) is 0 Å². The summed E-state index contributed by atoms with van der Waals surface area (Å²) in [6.07, 6.45) is -3.21. The first kappa shape index (κ1) is 29.5.